The van der Waals surface area contributed by atoms with Gasteiger partial charge in [0, 0.05) is 0 Å². The summed E-state index contributed by atoms with van der Waals surface area (Å²) in [5, 5.41) is 9.60. The molecule has 0 aliphatic carbocycles. The van der Waals surface area contributed by atoms with Gasteiger partial charge in [-0.2, -0.15) is 0 Å². The lowest BCUT2D eigenvalue weighted by Crippen LogP contribution is -2.09. The Hall–Kier alpha value is -3.73. The highest BCUT2D eigenvalue weighted by Gasteiger charge is 2.12. The fraction of sp³-hybridized carbons (Fsp3) is 0.125. The molecule has 0 saturated carbocycles. The lowest BCUT2D eigenvalue weighted by molar-refractivity contribution is -0.130. The Morgan fingerprint density at radius 1 is 0.862 bits per heavy atom. The third kappa shape index (κ3) is 5.62. The lowest BCUT2D eigenvalue weighted by Gasteiger charge is -2.12. The van der Waals surface area contributed by atoms with Crippen molar-refractivity contribution in [3.8, 4) is 17.2 Å². The molecule has 0 unspecified atom stereocenters. The van der Waals surface area contributed by atoms with Gasteiger partial charge < -0.3 is 19.3 Å². The molecule has 0 aromatic heterocycles. The fourth-order valence-electron chi connectivity index (χ4n) is 2.78. The van der Waals surface area contributed by atoms with E-state index in [0.717, 1.165) is 5.75 Å². The molecule has 0 atom stereocenters. The number of para-hydroxylation sites is 1. The first-order chi connectivity index (χ1) is 14.2. The Balaban J connectivity index is 1.74. The molecule has 0 fully saturated rings. The van der Waals surface area contributed by atoms with Crippen molar-refractivity contribution in [1.29, 1.82) is 0 Å². The summed E-state index contributed by atoms with van der Waals surface area (Å²) in [5.74, 6) is 0.869. The summed E-state index contributed by atoms with van der Waals surface area (Å²) in [5.41, 5.74) is 1.54. The third-order valence-corrected chi connectivity index (χ3v) is 4.17. The highest BCUT2D eigenvalue weighted by Crippen LogP contribution is 2.30. The Kier molecular flexibility index (Phi) is 6.90. The molecule has 3 aromatic rings. The van der Waals surface area contributed by atoms with Crippen LogP contribution < -0.4 is 14.2 Å². The quantitative estimate of drug-likeness (QED) is 0.324. The number of ether oxygens (including phenoxy) is 3. The van der Waals surface area contributed by atoms with Crippen LogP contribution in [0.4, 0.5) is 0 Å². The molecule has 0 heterocycles. The van der Waals surface area contributed by atoms with Crippen molar-refractivity contribution in [2.75, 3.05) is 20.3 Å². The van der Waals surface area contributed by atoms with Gasteiger partial charge in [0.25, 0.3) is 0 Å². The normalized spacial score (nSPS) is 11.0. The number of rotatable bonds is 9. The average Bonchev–Trinajstić information content (AvgIpc) is 2.76. The fourth-order valence-corrected chi connectivity index (χ4v) is 2.78. The molecular weight excluding hydrogens is 368 g/mol. The molecule has 0 aliphatic heterocycles. The molecule has 5 nitrogen and oxygen atoms in total. The molecule has 0 aliphatic rings. The van der Waals surface area contributed by atoms with Gasteiger partial charge in [-0.15, -0.1) is 0 Å². The number of methoxy groups -OCH3 is 1. The lowest BCUT2D eigenvalue weighted by atomic mass is 10.0. The number of hydrogen-bond donors (Lipinski definition) is 1. The van der Waals surface area contributed by atoms with Crippen LogP contribution in [-0.2, 0) is 4.79 Å². The zero-order chi connectivity index (χ0) is 20.5. The van der Waals surface area contributed by atoms with E-state index < -0.39 is 5.97 Å². The highest BCUT2D eigenvalue weighted by molar-refractivity contribution is 6.20. The predicted molar refractivity (Wildman–Crippen MR) is 112 cm³/mol. The summed E-state index contributed by atoms with van der Waals surface area (Å²) in [6.07, 6.45) is 1.62. The predicted octanol–water partition coefficient (Wildman–Crippen LogP) is 4.78. The van der Waals surface area contributed by atoms with Gasteiger partial charge in [0.2, 0.25) is 0 Å². The summed E-state index contributed by atoms with van der Waals surface area (Å²) in [6.45, 7) is 0.695. The molecule has 148 valence electrons. The van der Waals surface area contributed by atoms with Crippen LogP contribution in [0, 0.1) is 0 Å². The minimum absolute atomic E-state index is 0.203. The largest absolute Gasteiger partial charge is 0.493 e. The van der Waals surface area contributed by atoms with Crippen molar-refractivity contribution < 1.29 is 24.1 Å². The number of carbonyl (C=O) groups is 1. The number of carboxylic acids is 1. The second-order valence-electron chi connectivity index (χ2n) is 6.15. The van der Waals surface area contributed by atoms with Crippen molar-refractivity contribution in [1.82, 2.24) is 0 Å². The second kappa shape index (κ2) is 9.99. The van der Waals surface area contributed by atoms with E-state index in [0.29, 0.717) is 35.8 Å². The van der Waals surface area contributed by atoms with E-state index in [1.807, 2.05) is 36.4 Å². The number of hydrogen-bond acceptors (Lipinski definition) is 4. The summed E-state index contributed by atoms with van der Waals surface area (Å²) in [7, 11) is 1.56. The zero-order valence-corrected chi connectivity index (χ0v) is 16.1. The number of benzene rings is 3. The van der Waals surface area contributed by atoms with Crippen molar-refractivity contribution in [2.45, 2.75) is 0 Å². The van der Waals surface area contributed by atoms with Crippen molar-refractivity contribution in [3.05, 3.63) is 90.0 Å². The maximum atomic E-state index is 11.7. The van der Waals surface area contributed by atoms with Crippen LogP contribution in [0.5, 0.6) is 17.2 Å². The molecule has 3 rings (SSSR count). The molecule has 1 N–H and O–H groups in total. The molecular formula is C24H22O5. The summed E-state index contributed by atoms with van der Waals surface area (Å²) in [4.78, 5) is 11.7. The van der Waals surface area contributed by atoms with E-state index in [4.69, 9.17) is 14.2 Å². The zero-order valence-electron chi connectivity index (χ0n) is 16.1. The van der Waals surface area contributed by atoms with Crippen molar-refractivity contribution in [3.63, 3.8) is 0 Å². The van der Waals surface area contributed by atoms with Gasteiger partial charge in [0.05, 0.1) is 12.7 Å². The van der Waals surface area contributed by atoms with Crippen LogP contribution in [-0.4, -0.2) is 31.4 Å². The molecule has 0 radical (unpaired) electrons. The Bertz CT molecular complexity index is 965. The van der Waals surface area contributed by atoms with Crippen molar-refractivity contribution in [2.24, 2.45) is 0 Å². The Morgan fingerprint density at radius 3 is 2.17 bits per heavy atom. The average molecular weight is 390 g/mol. The first-order valence-corrected chi connectivity index (χ1v) is 9.16. The first kappa shape index (κ1) is 20.0. The molecule has 3 aromatic carbocycles. The number of aliphatic carboxylic acids is 1. The summed E-state index contributed by atoms with van der Waals surface area (Å²) < 4.78 is 16.8. The van der Waals surface area contributed by atoms with Crippen LogP contribution in [0.3, 0.4) is 0 Å². The SMILES string of the molecule is COc1ccc(/C=C(/C(=O)O)c2ccccc2)cc1OCCOc1ccccc1. The van der Waals surface area contributed by atoms with Gasteiger partial charge in [0.1, 0.15) is 19.0 Å². The molecule has 5 heteroatoms. The van der Waals surface area contributed by atoms with Crippen molar-refractivity contribution >= 4 is 17.6 Å². The second-order valence-corrected chi connectivity index (χ2v) is 6.15. The van der Waals surface area contributed by atoms with Gasteiger partial charge in [-0.1, -0.05) is 54.6 Å². The highest BCUT2D eigenvalue weighted by atomic mass is 16.5. The third-order valence-electron chi connectivity index (χ3n) is 4.17. The van der Waals surface area contributed by atoms with E-state index in [1.165, 1.54) is 0 Å². The maximum absolute atomic E-state index is 11.7. The Labute approximate surface area is 169 Å². The topological polar surface area (TPSA) is 65.0 Å². The van der Waals surface area contributed by atoms with Gasteiger partial charge in [0.15, 0.2) is 11.5 Å². The van der Waals surface area contributed by atoms with Crippen LogP contribution in [0.15, 0.2) is 78.9 Å². The molecule has 29 heavy (non-hydrogen) atoms. The number of carboxylic acid groups (broad SMARTS) is 1. The van der Waals surface area contributed by atoms with Gasteiger partial charge in [-0.05, 0) is 41.5 Å². The Morgan fingerprint density at radius 2 is 1.52 bits per heavy atom. The minimum Gasteiger partial charge on any atom is -0.493 e. The smallest absolute Gasteiger partial charge is 0.336 e. The molecule has 0 saturated heterocycles. The van der Waals surface area contributed by atoms with Gasteiger partial charge in [-0.25, -0.2) is 4.79 Å². The van der Waals surface area contributed by atoms with E-state index in [-0.39, 0.29) is 5.57 Å². The maximum Gasteiger partial charge on any atom is 0.336 e. The van der Waals surface area contributed by atoms with E-state index in [2.05, 4.69) is 0 Å². The van der Waals surface area contributed by atoms with Crippen LogP contribution >= 0.6 is 0 Å². The molecule has 0 amide bonds. The first-order valence-electron chi connectivity index (χ1n) is 9.16. The van der Waals surface area contributed by atoms with Crippen LogP contribution in [0.2, 0.25) is 0 Å². The standard InChI is InChI=1S/C24H22O5/c1-27-22-13-12-18(16-21(24(25)26)19-8-4-2-5-9-19)17-23(22)29-15-14-28-20-10-6-3-7-11-20/h2-13,16-17H,14-15H2,1H3,(H,25,26)/b21-16+. The van der Waals surface area contributed by atoms with E-state index >= 15 is 0 Å². The summed E-state index contributed by atoms with van der Waals surface area (Å²) >= 11 is 0. The van der Waals surface area contributed by atoms with Gasteiger partial charge in [-0.3, -0.25) is 0 Å². The monoisotopic (exact) mass is 390 g/mol. The summed E-state index contributed by atoms with van der Waals surface area (Å²) in [6, 6.07) is 23.8. The van der Waals surface area contributed by atoms with Crippen LogP contribution in [0.25, 0.3) is 11.6 Å². The molecule has 0 bridgehead atoms. The molecule has 0 spiro atoms. The van der Waals surface area contributed by atoms with E-state index in [9.17, 15) is 9.90 Å². The minimum atomic E-state index is -0.995. The van der Waals surface area contributed by atoms with Gasteiger partial charge >= 0.3 is 5.97 Å². The van der Waals surface area contributed by atoms with E-state index in [1.54, 1.807) is 55.7 Å². The van der Waals surface area contributed by atoms with Crippen LogP contribution in [0.1, 0.15) is 11.1 Å².